The summed E-state index contributed by atoms with van der Waals surface area (Å²) < 4.78 is 0. The quantitative estimate of drug-likeness (QED) is 0.849. The Morgan fingerprint density at radius 2 is 1.69 bits per heavy atom. The van der Waals surface area contributed by atoms with Crippen molar-refractivity contribution < 1.29 is 9.90 Å². The summed E-state index contributed by atoms with van der Waals surface area (Å²) in [5.74, 6) is -1.08. The SMILES string of the molecule is CC(C)C(C(=O)O)c1ccc(N(C)C)cc1. The van der Waals surface area contributed by atoms with E-state index in [1.165, 1.54) is 0 Å². The van der Waals surface area contributed by atoms with Gasteiger partial charge in [0, 0.05) is 19.8 Å². The van der Waals surface area contributed by atoms with Crippen molar-refractivity contribution in [1.82, 2.24) is 0 Å². The fraction of sp³-hybridized carbons (Fsp3) is 0.462. The Labute approximate surface area is 96.7 Å². The second-order valence-corrected chi connectivity index (χ2v) is 4.55. The van der Waals surface area contributed by atoms with Crippen LogP contribution in [0.4, 0.5) is 5.69 Å². The molecule has 0 radical (unpaired) electrons. The number of carboxylic acid groups (broad SMARTS) is 1. The van der Waals surface area contributed by atoms with Crippen LogP contribution in [0.1, 0.15) is 25.3 Å². The van der Waals surface area contributed by atoms with Gasteiger partial charge in [-0.25, -0.2) is 0 Å². The van der Waals surface area contributed by atoms with Gasteiger partial charge in [-0.1, -0.05) is 26.0 Å². The zero-order chi connectivity index (χ0) is 12.3. The molecule has 88 valence electrons. The molecule has 0 fully saturated rings. The third-order valence-corrected chi connectivity index (χ3v) is 2.70. The van der Waals surface area contributed by atoms with Crippen LogP contribution >= 0.6 is 0 Å². The molecule has 0 aliphatic rings. The predicted octanol–water partition coefficient (Wildman–Crippen LogP) is 2.58. The molecule has 0 aromatic heterocycles. The van der Waals surface area contributed by atoms with Crippen molar-refractivity contribution in [2.45, 2.75) is 19.8 Å². The van der Waals surface area contributed by atoms with Crippen LogP contribution in [0.2, 0.25) is 0 Å². The van der Waals surface area contributed by atoms with Crippen LogP contribution in [0, 0.1) is 5.92 Å². The van der Waals surface area contributed by atoms with Crippen LogP contribution in [-0.2, 0) is 4.79 Å². The Bertz CT molecular complexity index is 355. The van der Waals surface area contributed by atoms with Gasteiger partial charge in [-0.3, -0.25) is 4.79 Å². The maximum absolute atomic E-state index is 11.1. The van der Waals surface area contributed by atoms with Crippen LogP contribution < -0.4 is 4.90 Å². The van der Waals surface area contributed by atoms with E-state index in [0.717, 1.165) is 11.3 Å². The van der Waals surface area contributed by atoms with Gasteiger partial charge in [0.1, 0.15) is 0 Å². The molecule has 0 bridgehead atoms. The van der Waals surface area contributed by atoms with E-state index < -0.39 is 11.9 Å². The summed E-state index contributed by atoms with van der Waals surface area (Å²) in [5, 5.41) is 9.17. The van der Waals surface area contributed by atoms with E-state index in [4.69, 9.17) is 5.11 Å². The Hall–Kier alpha value is -1.51. The number of carbonyl (C=O) groups is 1. The van der Waals surface area contributed by atoms with Crippen molar-refractivity contribution in [3.05, 3.63) is 29.8 Å². The Balaban J connectivity index is 2.99. The van der Waals surface area contributed by atoms with E-state index in [0.29, 0.717) is 0 Å². The number of benzene rings is 1. The summed E-state index contributed by atoms with van der Waals surface area (Å²) in [6.07, 6.45) is 0. The molecule has 0 aliphatic heterocycles. The van der Waals surface area contributed by atoms with Crippen LogP contribution in [0.5, 0.6) is 0 Å². The molecule has 1 aromatic carbocycles. The van der Waals surface area contributed by atoms with Crippen molar-refractivity contribution in [2.75, 3.05) is 19.0 Å². The minimum Gasteiger partial charge on any atom is -0.481 e. The molecule has 1 unspecified atom stereocenters. The van der Waals surface area contributed by atoms with Crippen LogP contribution in [0.25, 0.3) is 0 Å². The number of carboxylic acids is 1. The minimum atomic E-state index is -0.757. The van der Waals surface area contributed by atoms with Crippen molar-refractivity contribution >= 4 is 11.7 Å². The number of nitrogens with zero attached hydrogens (tertiary/aromatic N) is 1. The third kappa shape index (κ3) is 2.75. The predicted molar refractivity (Wildman–Crippen MR) is 66.0 cm³/mol. The van der Waals surface area contributed by atoms with Gasteiger partial charge in [-0.2, -0.15) is 0 Å². The molecule has 0 spiro atoms. The molecule has 3 heteroatoms. The number of hydrogen-bond donors (Lipinski definition) is 1. The molecule has 0 saturated carbocycles. The second-order valence-electron chi connectivity index (χ2n) is 4.55. The molecule has 16 heavy (non-hydrogen) atoms. The summed E-state index contributed by atoms with van der Waals surface area (Å²) in [6, 6.07) is 7.70. The number of rotatable bonds is 4. The zero-order valence-electron chi connectivity index (χ0n) is 10.3. The summed E-state index contributed by atoms with van der Waals surface area (Å²) in [7, 11) is 3.93. The van der Waals surface area contributed by atoms with E-state index in [-0.39, 0.29) is 5.92 Å². The molecule has 0 aliphatic carbocycles. The van der Waals surface area contributed by atoms with Crippen molar-refractivity contribution in [2.24, 2.45) is 5.92 Å². The molecule has 0 amide bonds. The number of anilines is 1. The van der Waals surface area contributed by atoms with Gasteiger partial charge in [0.2, 0.25) is 0 Å². The first kappa shape index (κ1) is 12.6. The summed E-state index contributed by atoms with van der Waals surface area (Å²) >= 11 is 0. The standard InChI is InChI=1S/C13H19NO2/c1-9(2)12(13(15)16)10-5-7-11(8-6-10)14(3)4/h5-9,12H,1-4H3,(H,15,16). The smallest absolute Gasteiger partial charge is 0.311 e. The van der Waals surface area contributed by atoms with Gasteiger partial charge in [-0.05, 0) is 23.6 Å². The molecule has 1 rings (SSSR count). The topological polar surface area (TPSA) is 40.5 Å². The minimum absolute atomic E-state index is 0.0997. The highest BCUT2D eigenvalue weighted by Crippen LogP contribution is 2.26. The van der Waals surface area contributed by atoms with Gasteiger partial charge < -0.3 is 10.0 Å². The fourth-order valence-corrected chi connectivity index (χ4v) is 1.79. The van der Waals surface area contributed by atoms with Gasteiger partial charge in [0.05, 0.1) is 5.92 Å². The highest BCUT2D eigenvalue weighted by Gasteiger charge is 2.23. The molecule has 0 heterocycles. The van der Waals surface area contributed by atoms with E-state index >= 15 is 0 Å². The van der Waals surface area contributed by atoms with E-state index in [1.54, 1.807) is 0 Å². The van der Waals surface area contributed by atoms with Crippen molar-refractivity contribution in [3.63, 3.8) is 0 Å². The van der Waals surface area contributed by atoms with Crippen molar-refractivity contribution in [1.29, 1.82) is 0 Å². The van der Waals surface area contributed by atoms with Gasteiger partial charge in [-0.15, -0.1) is 0 Å². The molecule has 0 saturated heterocycles. The van der Waals surface area contributed by atoms with Gasteiger partial charge >= 0.3 is 5.97 Å². The Morgan fingerprint density at radius 3 is 2.00 bits per heavy atom. The average Bonchev–Trinajstić information content (AvgIpc) is 2.17. The lowest BCUT2D eigenvalue weighted by Crippen LogP contribution is -2.17. The lowest BCUT2D eigenvalue weighted by atomic mass is 9.88. The highest BCUT2D eigenvalue weighted by atomic mass is 16.4. The molecule has 1 atom stereocenters. The van der Waals surface area contributed by atoms with Gasteiger partial charge in [0.25, 0.3) is 0 Å². The van der Waals surface area contributed by atoms with Crippen LogP contribution in [0.3, 0.4) is 0 Å². The third-order valence-electron chi connectivity index (χ3n) is 2.70. The normalized spacial score (nSPS) is 12.6. The number of hydrogen-bond acceptors (Lipinski definition) is 2. The van der Waals surface area contributed by atoms with E-state index in [1.807, 2.05) is 57.1 Å². The molecular formula is C13H19NO2. The maximum atomic E-state index is 11.1. The Kier molecular flexibility index (Phi) is 3.93. The summed E-state index contributed by atoms with van der Waals surface area (Å²) in [6.45, 7) is 3.86. The van der Waals surface area contributed by atoms with Crippen molar-refractivity contribution in [3.8, 4) is 0 Å². The van der Waals surface area contributed by atoms with Gasteiger partial charge in [0.15, 0.2) is 0 Å². The van der Waals surface area contributed by atoms with E-state index in [9.17, 15) is 4.79 Å². The first-order valence-electron chi connectivity index (χ1n) is 5.43. The lowest BCUT2D eigenvalue weighted by Gasteiger charge is -2.18. The monoisotopic (exact) mass is 221 g/mol. The van der Waals surface area contributed by atoms with E-state index in [2.05, 4.69) is 0 Å². The molecule has 1 N–H and O–H groups in total. The highest BCUT2D eigenvalue weighted by molar-refractivity contribution is 5.76. The fourth-order valence-electron chi connectivity index (χ4n) is 1.79. The lowest BCUT2D eigenvalue weighted by molar-refractivity contribution is -0.139. The van der Waals surface area contributed by atoms with Crippen LogP contribution in [-0.4, -0.2) is 25.2 Å². The summed E-state index contributed by atoms with van der Waals surface area (Å²) in [4.78, 5) is 13.1. The molecular weight excluding hydrogens is 202 g/mol. The van der Waals surface area contributed by atoms with Crippen LogP contribution in [0.15, 0.2) is 24.3 Å². The zero-order valence-corrected chi connectivity index (χ0v) is 10.3. The average molecular weight is 221 g/mol. The molecule has 1 aromatic rings. The first-order valence-corrected chi connectivity index (χ1v) is 5.43. The maximum Gasteiger partial charge on any atom is 0.311 e. The largest absolute Gasteiger partial charge is 0.481 e. The second kappa shape index (κ2) is 5.01. The summed E-state index contributed by atoms with van der Waals surface area (Å²) in [5.41, 5.74) is 1.95. The Morgan fingerprint density at radius 1 is 1.19 bits per heavy atom. The number of aliphatic carboxylic acids is 1. The molecule has 3 nitrogen and oxygen atoms in total. The first-order chi connectivity index (χ1) is 7.43.